The van der Waals surface area contributed by atoms with Crippen molar-refractivity contribution in [1.29, 1.82) is 0 Å². The van der Waals surface area contributed by atoms with Gasteiger partial charge in [0.2, 0.25) is 0 Å². The van der Waals surface area contributed by atoms with Crippen molar-refractivity contribution < 1.29 is 9.53 Å². The molecule has 1 heterocycles. The molecule has 0 aromatic heterocycles. The minimum atomic E-state index is -0.0978. The van der Waals surface area contributed by atoms with Crippen LogP contribution >= 0.6 is 0 Å². The first kappa shape index (κ1) is 19.2. The number of hydrogen-bond acceptors (Lipinski definition) is 4. The Hall–Kier alpha value is -2.08. The molecule has 6 nitrogen and oxygen atoms in total. The van der Waals surface area contributed by atoms with Gasteiger partial charge in [0.25, 0.3) is 0 Å². The molecule has 1 unspecified atom stereocenters. The molecule has 1 aliphatic heterocycles. The van der Waals surface area contributed by atoms with E-state index in [-0.39, 0.29) is 17.9 Å². The zero-order valence-corrected chi connectivity index (χ0v) is 15.7. The Labute approximate surface area is 150 Å². The van der Waals surface area contributed by atoms with Crippen LogP contribution in [0, 0.1) is 5.92 Å². The van der Waals surface area contributed by atoms with Crippen LogP contribution in [0.25, 0.3) is 0 Å². The summed E-state index contributed by atoms with van der Waals surface area (Å²) < 4.78 is 4.86. The number of carbonyl (C=O) groups is 1. The molecule has 0 radical (unpaired) electrons. The summed E-state index contributed by atoms with van der Waals surface area (Å²) in [5.41, 5.74) is 1.28. The minimum Gasteiger partial charge on any atom is -0.469 e. The predicted octanol–water partition coefficient (Wildman–Crippen LogP) is 1.75. The molecule has 6 heteroatoms. The van der Waals surface area contributed by atoms with Crippen molar-refractivity contribution in [2.45, 2.75) is 18.9 Å². The quantitative estimate of drug-likeness (QED) is 0.500. The zero-order valence-electron chi connectivity index (χ0n) is 15.7. The van der Waals surface area contributed by atoms with Gasteiger partial charge in [0.1, 0.15) is 0 Å². The number of piperidine rings is 1. The van der Waals surface area contributed by atoms with Crippen LogP contribution in [-0.2, 0) is 9.53 Å². The Morgan fingerprint density at radius 3 is 2.48 bits per heavy atom. The standard InChI is InChI=1S/C19H30N4O2/c1-20-19(23-12-10-16(11-13-23)18(24)25-4)21-14-17(22(2)3)15-8-6-5-7-9-15/h5-9,16-17H,10-14H2,1-4H3,(H,20,21). The Balaban J connectivity index is 1.93. The molecular formula is C19H30N4O2. The molecule has 0 spiro atoms. The van der Waals surface area contributed by atoms with Crippen LogP contribution in [0.15, 0.2) is 35.3 Å². The van der Waals surface area contributed by atoms with Gasteiger partial charge >= 0.3 is 5.97 Å². The summed E-state index contributed by atoms with van der Waals surface area (Å²) in [6, 6.07) is 10.7. The van der Waals surface area contributed by atoms with Crippen molar-refractivity contribution in [3.8, 4) is 0 Å². The molecule has 1 N–H and O–H groups in total. The van der Waals surface area contributed by atoms with Gasteiger partial charge in [0, 0.05) is 26.7 Å². The van der Waals surface area contributed by atoms with Crippen LogP contribution in [-0.4, -0.2) is 69.6 Å². The van der Waals surface area contributed by atoms with E-state index in [0.717, 1.165) is 38.4 Å². The van der Waals surface area contributed by atoms with Gasteiger partial charge in [-0.25, -0.2) is 0 Å². The molecule has 1 aromatic carbocycles. The average Bonchev–Trinajstić information content (AvgIpc) is 2.65. The number of nitrogens with one attached hydrogen (secondary N) is 1. The molecule has 1 fully saturated rings. The lowest BCUT2D eigenvalue weighted by atomic mass is 9.97. The SMILES string of the molecule is CN=C(NCC(c1ccccc1)N(C)C)N1CCC(C(=O)OC)CC1. The normalized spacial score (nSPS) is 17.5. The van der Waals surface area contributed by atoms with Crippen molar-refractivity contribution >= 4 is 11.9 Å². The summed E-state index contributed by atoms with van der Waals surface area (Å²) in [7, 11) is 7.44. The molecule has 2 rings (SSSR count). The van der Waals surface area contributed by atoms with Gasteiger partial charge in [-0.2, -0.15) is 0 Å². The van der Waals surface area contributed by atoms with Crippen LogP contribution in [0.1, 0.15) is 24.4 Å². The van der Waals surface area contributed by atoms with Crippen molar-refractivity contribution in [1.82, 2.24) is 15.1 Å². The Morgan fingerprint density at radius 1 is 1.32 bits per heavy atom. The van der Waals surface area contributed by atoms with Crippen molar-refractivity contribution in [2.24, 2.45) is 10.9 Å². The fourth-order valence-corrected chi connectivity index (χ4v) is 3.29. The Morgan fingerprint density at radius 2 is 1.96 bits per heavy atom. The molecular weight excluding hydrogens is 316 g/mol. The van der Waals surface area contributed by atoms with Gasteiger partial charge in [-0.1, -0.05) is 30.3 Å². The highest BCUT2D eigenvalue weighted by Gasteiger charge is 2.27. The molecule has 1 aromatic rings. The maximum Gasteiger partial charge on any atom is 0.308 e. The first-order valence-electron chi connectivity index (χ1n) is 8.81. The largest absolute Gasteiger partial charge is 0.469 e. The number of hydrogen-bond donors (Lipinski definition) is 1. The number of benzene rings is 1. The van der Waals surface area contributed by atoms with Crippen molar-refractivity contribution in [3.63, 3.8) is 0 Å². The average molecular weight is 346 g/mol. The van der Waals surface area contributed by atoms with E-state index in [1.54, 1.807) is 0 Å². The summed E-state index contributed by atoms with van der Waals surface area (Å²) >= 11 is 0. The molecule has 1 saturated heterocycles. The topological polar surface area (TPSA) is 57.2 Å². The number of methoxy groups -OCH3 is 1. The smallest absolute Gasteiger partial charge is 0.308 e. The maximum atomic E-state index is 11.7. The number of aliphatic imine (C=N–C) groups is 1. The molecule has 0 aliphatic carbocycles. The van der Waals surface area contributed by atoms with Crippen molar-refractivity contribution in [2.75, 3.05) is 47.9 Å². The highest BCUT2D eigenvalue weighted by atomic mass is 16.5. The van der Waals surface area contributed by atoms with Gasteiger partial charge in [0.15, 0.2) is 5.96 Å². The van der Waals surface area contributed by atoms with Gasteiger partial charge in [-0.15, -0.1) is 0 Å². The molecule has 25 heavy (non-hydrogen) atoms. The minimum absolute atomic E-state index is 0.0122. The van der Waals surface area contributed by atoms with Crippen molar-refractivity contribution in [3.05, 3.63) is 35.9 Å². The lowest BCUT2D eigenvalue weighted by molar-refractivity contribution is -0.146. The number of carbonyl (C=O) groups excluding carboxylic acids is 1. The summed E-state index contributed by atoms with van der Waals surface area (Å²) in [4.78, 5) is 20.5. The molecule has 0 amide bonds. The lowest BCUT2D eigenvalue weighted by Gasteiger charge is -2.34. The zero-order chi connectivity index (χ0) is 18.2. The third-order valence-electron chi connectivity index (χ3n) is 4.80. The third-order valence-corrected chi connectivity index (χ3v) is 4.80. The van der Waals surface area contributed by atoms with E-state index in [0.29, 0.717) is 0 Å². The van der Waals surface area contributed by atoms with Gasteiger partial charge in [0.05, 0.1) is 19.1 Å². The monoisotopic (exact) mass is 346 g/mol. The lowest BCUT2D eigenvalue weighted by Crippen LogP contribution is -2.48. The highest BCUT2D eigenvalue weighted by Crippen LogP contribution is 2.20. The summed E-state index contributed by atoms with van der Waals surface area (Å²) in [6.45, 7) is 2.41. The van der Waals surface area contributed by atoms with Gasteiger partial charge in [-0.3, -0.25) is 9.79 Å². The first-order valence-corrected chi connectivity index (χ1v) is 8.81. The van der Waals surface area contributed by atoms with Crippen LogP contribution in [0.5, 0.6) is 0 Å². The van der Waals surface area contributed by atoms with Crippen LogP contribution in [0.4, 0.5) is 0 Å². The van der Waals surface area contributed by atoms with E-state index in [1.807, 2.05) is 13.1 Å². The van der Waals surface area contributed by atoms with E-state index in [4.69, 9.17) is 4.74 Å². The second-order valence-corrected chi connectivity index (χ2v) is 6.60. The fraction of sp³-hybridized carbons (Fsp3) is 0.579. The molecule has 138 valence electrons. The number of nitrogens with zero attached hydrogens (tertiary/aromatic N) is 3. The first-order chi connectivity index (χ1) is 12.1. The van der Waals surface area contributed by atoms with E-state index in [2.05, 4.69) is 58.5 Å². The fourth-order valence-electron chi connectivity index (χ4n) is 3.29. The van der Waals surface area contributed by atoms with Gasteiger partial charge < -0.3 is 19.9 Å². The number of likely N-dealkylation sites (N-methyl/N-ethyl adjacent to an activating group) is 1. The molecule has 0 bridgehead atoms. The van der Waals surface area contributed by atoms with Crippen LogP contribution in [0.3, 0.4) is 0 Å². The predicted molar refractivity (Wildman–Crippen MR) is 101 cm³/mol. The number of likely N-dealkylation sites (tertiary alicyclic amines) is 1. The van der Waals surface area contributed by atoms with E-state index in [9.17, 15) is 4.79 Å². The van der Waals surface area contributed by atoms with Crippen LogP contribution in [0.2, 0.25) is 0 Å². The third kappa shape index (κ3) is 5.19. The number of ether oxygens (including phenoxy) is 1. The Bertz CT molecular complexity index is 566. The summed E-state index contributed by atoms with van der Waals surface area (Å²) in [6.07, 6.45) is 1.62. The summed E-state index contributed by atoms with van der Waals surface area (Å²) in [5, 5.41) is 3.50. The van der Waals surface area contributed by atoms with Crippen LogP contribution < -0.4 is 5.32 Å². The highest BCUT2D eigenvalue weighted by molar-refractivity contribution is 5.80. The number of rotatable bonds is 5. The number of guanidine groups is 1. The second kappa shape index (κ2) is 9.42. The van der Waals surface area contributed by atoms with E-state index in [1.165, 1.54) is 12.7 Å². The Kier molecular flexibility index (Phi) is 7.25. The van der Waals surface area contributed by atoms with E-state index >= 15 is 0 Å². The number of esters is 1. The second-order valence-electron chi connectivity index (χ2n) is 6.60. The van der Waals surface area contributed by atoms with E-state index < -0.39 is 0 Å². The molecule has 1 atom stereocenters. The van der Waals surface area contributed by atoms with Gasteiger partial charge in [-0.05, 0) is 32.5 Å². The molecule has 0 saturated carbocycles. The maximum absolute atomic E-state index is 11.7. The summed E-state index contributed by atoms with van der Waals surface area (Å²) in [5.74, 6) is 0.809. The molecule has 1 aliphatic rings.